The van der Waals surface area contributed by atoms with Crippen LogP contribution in [0.1, 0.15) is 51.3 Å². The lowest BCUT2D eigenvalue weighted by Gasteiger charge is -2.31. The Bertz CT molecular complexity index is 850. The van der Waals surface area contributed by atoms with E-state index in [0.717, 1.165) is 16.8 Å². The molecule has 1 unspecified atom stereocenters. The first-order valence-electron chi connectivity index (χ1n) is 10.4. The Morgan fingerprint density at radius 3 is 2.23 bits per heavy atom. The maximum absolute atomic E-state index is 12.8. The summed E-state index contributed by atoms with van der Waals surface area (Å²) in [5.74, 6) is 0.0898. The molecule has 0 spiro atoms. The van der Waals surface area contributed by atoms with Crippen LogP contribution in [0, 0.1) is 0 Å². The zero-order valence-electron chi connectivity index (χ0n) is 18.9. The molecule has 2 aromatic carbocycles. The van der Waals surface area contributed by atoms with Gasteiger partial charge in [-0.2, -0.15) is 0 Å². The van der Waals surface area contributed by atoms with Crippen LogP contribution in [0.2, 0.25) is 0 Å². The highest BCUT2D eigenvalue weighted by Gasteiger charge is 2.22. The first-order valence-corrected chi connectivity index (χ1v) is 10.4. The van der Waals surface area contributed by atoms with Gasteiger partial charge in [-0.25, -0.2) is 4.79 Å². The van der Waals surface area contributed by atoms with Crippen molar-refractivity contribution < 1.29 is 9.59 Å². The molecule has 0 radical (unpaired) electrons. The molecule has 2 rings (SSSR count). The van der Waals surface area contributed by atoms with Gasteiger partial charge in [-0.05, 0) is 50.1 Å². The molecule has 1 atom stereocenters. The molecule has 0 aliphatic heterocycles. The molecule has 0 aliphatic carbocycles. The number of nitrogens with one attached hydrogen (secondary N) is 2. The van der Waals surface area contributed by atoms with E-state index in [1.54, 1.807) is 0 Å². The number of urea groups is 1. The molecule has 0 fully saturated rings. The fraction of sp³-hybridized carbons (Fsp3) is 0.417. The third-order valence-electron chi connectivity index (χ3n) is 4.95. The smallest absolute Gasteiger partial charge is 0.319 e. The number of hydrogen-bond acceptors (Lipinski definition) is 3. The zero-order chi connectivity index (χ0) is 22.3. The van der Waals surface area contributed by atoms with Crippen LogP contribution in [-0.2, 0) is 11.3 Å². The standard InChI is InChI=1S/C24H34N4O2/c1-7-23(29)28(18(4)19-11-9-8-10-12-19)16-20-15-21(13-14-22(20)27(5)6)26-24(30)25-17(2)3/h8-15,17-18H,7,16H2,1-6H3,(H2,25,26,30). The summed E-state index contributed by atoms with van der Waals surface area (Å²) in [7, 11) is 3.95. The number of rotatable bonds is 8. The minimum absolute atomic E-state index is 0.0508. The fourth-order valence-electron chi connectivity index (χ4n) is 3.39. The Balaban J connectivity index is 2.36. The van der Waals surface area contributed by atoms with Crippen LogP contribution in [0.5, 0.6) is 0 Å². The van der Waals surface area contributed by atoms with Gasteiger partial charge in [0.1, 0.15) is 0 Å². The third-order valence-corrected chi connectivity index (χ3v) is 4.95. The Morgan fingerprint density at radius 1 is 1.00 bits per heavy atom. The van der Waals surface area contributed by atoms with Crippen LogP contribution in [0.15, 0.2) is 48.5 Å². The second-order valence-electron chi connectivity index (χ2n) is 7.95. The zero-order valence-corrected chi connectivity index (χ0v) is 18.9. The van der Waals surface area contributed by atoms with Gasteiger partial charge in [0.05, 0.1) is 6.04 Å². The minimum atomic E-state index is -0.243. The Labute approximate surface area is 180 Å². The number of carbonyl (C=O) groups excluding carboxylic acids is 2. The van der Waals surface area contributed by atoms with E-state index in [1.807, 2.05) is 93.2 Å². The fourth-order valence-corrected chi connectivity index (χ4v) is 3.39. The van der Waals surface area contributed by atoms with E-state index in [9.17, 15) is 9.59 Å². The van der Waals surface area contributed by atoms with E-state index in [-0.39, 0.29) is 24.0 Å². The molecule has 0 bridgehead atoms. The summed E-state index contributed by atoms with van der Waals surface area (Å²) in [5, 5.41) is 5.72. The van der Waals surface area contributed by atoms with Gasteiger partial charge in [0.15, 0.2) is 0 Å². The SMILES string of the molecule is CCC(=O)N(Cc1cc(NC(=O)NC(C)C)ccc1N(C)C)C(C)c1ccccc1. The summed E-state index contributed by atoms with van der Waals surface area (Å²) in [6.07, 6.45) is 0.434. The van der Waals surface area contributed by atoms with Gasteiger partial charge in [0.25, 0.3) is 0 Å². The second kappa shape index (κ2) is 10.7. The topological polar surface area (TPSA) is 64.7 Å². The molecule has 162 valence electrons. The normalized spacial score (nSPS) is 11.7. The van der Waals surface area contributed by atoms with Crippen molar-refractivity contribution in [3.8, 4) is 0 Å². The molecule has 3 amide bonds. The number of hydrogen-bond donors (Lipinski definition) is 2. The highest BCUT2D eigenvalue weighted by Crippen LogP contribution is 2.29. The minimum Gasteiger partial charge on any atom is -0.377 e. The first-order chi connectivity index (χ1) is 14.2. The third kappa shape index (κ3) is 6.24. The lowest BCUT2D eigenvalue weighted by Crippen LogP contribution is -2.34. The molecular formula is C24H34N4O2. The van der Waals surface area contributed by atoms with Crippen molar-refractivity contribution in [2.75, 3.05) is 24.3 Å². The highest BCUT2D eigenvalue weighted by molar-refractivity contribution is 5.90. The van der Waals surface area contributed by atoms with Gasteiger partial charge in [-0.1, -0.05) is 37.3 Å². The van der Waals surface area contributed by atoms with Gasteiger partial charge in [0, 0.05) is 44.5 Å². The monoisotopic (exact) mass is 410 g/mol. The molecular weight excluding hydrogens is 376 g/mol. The van der Waals surface area contributed by atoms with Crippen LogP contribution in [0.4, 0.5) is 16.2 Å². The average Bonchev–Trinajstić information content (AvgIpc) is 2.70. The van der Waals surface area contributed by atoms with Crippen molar-refractivity contribution in [2.45, 2.75) is 52.7 Å². The molecule has 6 nitrogen and oxygen atoms in total. The van der Waals surface area contributed by atoms with E-state index in [4.69, 9.17) is 0 Å². The van der Waals surface area contributed by atoms with Crippen molar-refractivity contribution in [3.05, 3.63) is 59.7 Å². The van der Waals surface area contributed by atoms with Crippen molar-refractivity contribution in [2.24, 2.45) is 0 Å². The average molecular weight is 411 g/mol. The Hall–Kier alpha value is -3.02. The van der Waals surface area contributed by atoms with Crippen LogP contribution in [-0.4, -0.2) is 37.0 Å². The first kappa shape index (κ1) is 23.3. The number of benzene rings is 2. The Morgan fingerprint density at radius 2 is 1.67 bits per heavy atom. The molecule has 6 heteroatoms. The predicted molar refractivity (Wildman–Crippen MR) is 124 cm³/mol. The van der Waals surface area contributed by atoms with Crippen LogP contribution in [0.25, 0.3) is 0 Å². The molecule has 0 aliphatic rings. The van der Waals surface area contributed by atoms with Crippen LogP contribution in [0.3, 0.4) is 0 Å². The van der Waals surface area contributed by atoms with Crippen molar-refractivity contribution >= 4 is 23.3 Å². The van der Waals surface area contributed by atoms with Crippen LogP contribution < -0.4 is 15.5 Å². The Kier molecular flexibility index (Phi) is 8.27. The quantitative estimate of drug-likeness (QED) is 0.658. The lowest BCUT2D eigenvalue weighted by molar-refractivity contribution is -0.133. The molecule has 0 aromatic heterocycles. The molecule has 30 heavy (non-hydrogen) atoms. The lowest BCUT2D eigenvalue weighted by atomic mass is 10.0. The van der Waals surface area contributed by atoms with Crippen molar-refractivity contribution in [1.29, 1.82) is 0 Å². The largest absolute Gasteiger partial charge is 0.377 e. The summed E-state index contributed by atoms with van der Waals surface area (Å²) in [6.45, 7) is 8.22. The number of anilines is 2. The second-order valence-corrected chi connectivity index (χ2v) is 7.95. The number of nitrogens with zero attached hydrogens (tertiary/aromatic N) is 2. The summed E-state index contributed by atoms with van der Waals surface area (Å²) in [4.78, 5) is 28.9. The van der Waals surface area contributed by atoms with Crippen LogP contribution >= 0.6 is 0 Å². The van der Waals surface area contributed by atoms with E-state index < -0.39 is 0 Å². The highest BCUT2D eigenvalue weighted by atomic mass is 16.2. The summed E-state index contributed by atoms with van der Waals surface area (Å²) in [6, 6.07) is 15.6. The molecule has 0 saturated carbocycles. The predicted octanol–water partition coefficient (Wildman–Crippen LogP) is 4.78. The summed E-state index contributed by atoms with van der Waals surface area (Å²) < 4.78 is 0. The van der Waals surface area contributed by atoms with E-state index in [2.05, 4.69) is 17.6 Å². The molecule has 0 heterocycles. The van der Waals surface area contributed by atoms with Gasteiger partial charge < -0.3 is 20.4 Å². The van der Waals surface area contributed by atoms with Gasteiger partial charge in [-0.15, -0.1) is 0 Å². The molecule has 0 saturated heterocycles. The van der Waals surface area contributed by atoms with Gasteiger partial charge in [-0.3, -0.25) is 4.79 Å². The molecule has 2 N–H and O–H groups in total. The summed E-state index contributed by atoms with van der Waals surface area (Å²) >= 11 is 0. The maximum Gasteiger partial charge on any atom is 0.319 e. The van der Waals surface area contributed by atoms with E-state index in [0.29, 0.717) is 18.7 Å². The number of carbonyl (C=O) groups is 2. The van der Waals surface area contributed by atoms with Gasteiger partial charge in [0.2, 0.25) is 5.91 Å². The number of amides is 3. The van der Waals surface area contributed by atoms with Crippen molar-refractivity contribution in [3.63, 3.8) is 0 Å². The molecule has 2 aromatic rings. The summed E-state index contributed by atoms with van der Waals surface area (Å²) in [5.41, 5.74) is 3.78. The van der Waals surface area contributed by atoms with Crippen molar-refractivity contribution in [1.82, 2.24) is 10.2 Å². The van der Waals surface area contributed by atoms with E-state index >= 15 is 0 Å². The maximum atomic E-state index is 12.8. The van der Waals surface area contributed by atoms with Gasteiger partial charge >= 0.3 is 6.03 Å². The van der Waals surface area contributed by atoms with E-state index in [1.165, 1.54) is 0 Å².